The van der Waals surface area contributed by atoms with E-state index in [9.17, 15) is 4.79 Å². The molecule has 0 saturated heterocycles. The number of oxime groups is 1. The third-order valence-electron chi connectivity index (χ3n) is 3.91. The Hall–Kier alpha value is -2.53. The number of rotatable bonds is 6. The molecule has 0 aliphatic carbocycles. The number of nitrogens with zero attached hydrogens (tertiary/aromatic N) is 1. The van der Waals surface area contributed by atoms with E-state index in [-0.39, 0.29) is 24.4 Å². The molecule has 3 N–H and O–H groups in total. The van der Waals surface area contributed by atoms with E-state index in [1.807, 2.05) is 26.0 Å². The summed E-state index contributed by atoms with van der Waals surface area (Å²) >= 11 is 5.81. The van der Waals surface area contributed by atoms with Gasteiger partial charge >= 0.3 is 0 Å². The van der Waals surface area contributed by atoms with Crippen molar-refractivity contribution in [1.82, 2.24) is 5.32 Å². The first-order chi connectivity index (χ1) is 11.9. The van der Waals surface area contributed by atoms with Gasteiger partial charge in [-0.25, -0.2) is 0 Å². The molecule has 0 saturated carbocycles. The lowest BCUT2D eigenvalue weighted by Crippen LogP contribution is -2.30. The van der Waals surface area contributed by atoms with Crippen LogP contribution in [0.3, 0.4) is 0 Å². The highest BCUT2D eigenvalue weighted by molar-refractivity contribution is 6.30. The van der Waals surface area contributed by atoms with Crippen molar-refractivity contribution in [2.24, 2.45) is 10.9 Å². The van der Waals surface area contributed by atoms with Gasteiger partial charge in [0.2, 0.25) is 0 Å². The van der Waals surface area contributed by atoms with Crippen LogP contribution in [0, 0.1) is 13.8 Å². The third kappa shape index (κ3) is 5.50. The van der Waals surface area contributed by atoms with Crippen molar-refractivity contribution in [3.05, 3.63) is 69.7 Å². The number of carbonyl (C=O) groups excluding carboxylic acids is 1. The molecule has 6 heteroatoms. The van der Waals surface area contributed by atoms with Gasteiger partial charge in [-0.15, -0.1) is 0 Å². The molecule has 1 amide bonds. The van der Waals surface area contributed by atoms with Crippen molar-refractivity contribution in [1.29, 1.82) is 0 Å². The molecular formula is C19H22ClN3O2. The molecule has 0 fully saturated rings. The smallest absolute Gasteiger partial charge is 0.261 e. The lowest BCUT2D eigenvalue weighted by atomic mass is 10.0. The second kappa shape index (κ2) is 8.53. The van der Waals surface area contributed by atoms with Crippen LogP contribution in [-0.4, -0.2) is 18.3 Å². The molecule has 0 aliphatic rings. The quantitative estimate of drug-likeness (QED) is 0.471. The van der Waals surface area contributed by atoms with Gasteiger partial charge in [-0.05, 0) is 61.7 Å². The molecule has 0 unspecified atom stereocenters. The molecule has 2 aromatic rings. The summed E-state index contributed by atoms with van der Waals surface area (Å²) in [6, 6.07) is 12.9. The third-order valence-corrected chi connectivity index (χ3v) is 4.16. The molecular weight excluding hydrogens is 338 g/mol. The first-order valence-electron chi connectivity index (χ1n) is 7.94. The van der Waals surface area contributed by atoms with Gasteiger partial charge in [-0.1, -0.05) is 35.0 Å². The fourth-order valence-electron chi connectivity index (χ4n) is 2.23. The number of aryl methyl sites for hydroxylation is 2. The Balaban J connectivity index is 1.86. The van der Waals surface area contributed by atoms with Gasteiger partial charge in [0, 0.05) is 10.6 Å². The Morgan fingerprint density at radius 2 is 1.88 bits per heavy atom. The summed E-state index contributed by atoms with van der Waals surface area (Å²) in [4.78, 5) is 17.0. The molecule has 5 nitrogen and oxygen atoms in total. The Bertz CT molecular complexity index is 773. The van der Waals surface area contributed by atoms with E-state index in [0.29, 0.717) is 10.6 Å². The molecule has 132 valence electrons. The van der Waals surface area contributed by atoms with Gasteiger partial charge in [0.1, 0.15) is 0 Å². The SMILES string of the molecule is Cc1ccc([C@@H](C)NC(=O)CO/N=C(\N)c2ccc(Cl)cc2)cc1C. The summed E-state index contributed by atoms with van der Waals surface area (Å²) in [5.74, 6) is -0.0786. The minimum absolute atomic E-state index is 0.118. The number of hydrogen-bond acceptors (Lipinski definition) is 3. The van der Waals surface area contributed by atoms with E-state index >= 15 is 0 Å². The fourth-order valence-corrected chi connectivity index (χ4v) is 2.36. The number of benzene rings is 2. The van der Waals surface area contributed by atoms with Gasteiger partial charge in [-0.2, -0.15) is 0 Å². The van der Waals surface area contributed by atoms with Crippen LogP contribution in [0.15, 0.2) is 47.6 Å². The average Bonchev–Trinajstić information content (AvgIpc) is 2.57. The van der Waals surface area contributed by atoms with E-state index < -0.39 is 0 Å². The largest absolute Gasteiger partial charge is 0.384 e. The highest BCUT2D eigenvalue weighted by Gasteiger charge is 2.11. The predicted octanol–water partition coefficient (Wildman–Crippen LogP) is 3.47. The van der Waals surface area contributed by atoms with Crippen LogP contribution in [0.4, 0.5) is 0 Å². The monoisotopic (exact) mass is 359 g/mol. The Kier molecular flexibility index (Phi) is 6.42. The van der Waals surface area contributed by atoms with Crippen molar-refractivity contribution >= 4 is 23.3 Å². The number of amides is 1. The topological polar surface area (TPSA) is 76.7 Å². The Labute approximate surface area is 152 Å². The fraction of sp³-hybridized carbons (Fsp3) is 0.263. The number of nitrogens with two attached hydrogens (primary N) is 1. The van der Waals surface area contributed by atoms with Crippen molar-refractivity contribution in [3.8, 4) is 0 Å². The molecule has 0 aliphatic heterocycles. The van der Waals surface area contributed by atoms with Gasteiger partial charge < -0.3 is 15.9 Å². The van der Waals surface area contributed by atoms with Crippen LogP contribution in [0.25, 0.3) is 0 Å². The predicted molar refractivity (Wildman–Crippen MR) is 101 cm³/mol. The highest BCUT2D eigenvalue weighted by Crippen LogP contribution is 2.16. The zero-order chi connectivity index (χ0) is 18.4. The highest BCUT2D eigenvalue weighted by atomic mass is 35.5. The zero-order valence-corrected chi connectivity index (χ0v) is 15.3. The number of nitrogens with one attached hydrogen (secondary N) is 1. The normalized spacial score (nSPS) is 12.6. The molecule has 25 heavy (non-hydrogen) atoms. The van der Waals surface area contributed by atoms with Crippen molar-refractivity contribution < 1.29 is 9.63 Å². The van der Waals surface area contributed by atoms with Crippen molar-refractivity contribution in [3.63, 3.8) is 0 Å². The van der Waals surface area contributed by atoms with E-state index in [1.54, 1.807) is 24.3 Å². The Morgan fingerprint density at radius 3 is 2.52 bits per heavy atom. The summed E-state index contributed by atoms with van der Waals surface area (Å²) in [7, 11) is 0. The van der Waals surface area contributed by atoms with E-state index in [0.717, 1.165) is 5.56 Å². The number of amidine groups is 1. The summed E-state index contributed by atoms with van der Waals surface area (Å²) in [6.07, 6.45) is 0. The van der Waals surface area contributed by atoms with Gasteiger partial charge in [0.15, 0.2) is 12.4 Å². The van der Waals surface area contributed by atoms with E-state index in [2.05, 4.69) is 23.5 Å². The standard InChI is InChI=1S/C19H22ClN3O2/c1-12-4-5-16(10-13(12)2)14(3)22-18(24)11-25-23-19(21)15-6-8-17(20)9-7-15/h4-10,14H,11H2,1-3H3,(H2,21,23)(H,22,24)/t14-/m1/s1. The van der Waals surface area contributed by atoms with Gasteiger partial charge in [0.05, 0.1) is 6.04 Å². The minimum atomic E-state index is -0.265. The zero-order valence-electron chi connectivity index (χ0n) is 14.5. The van der Waals surface area contributed by atoms with Gasteiger partial charge in [0.25, 0.3) is 5.91 Å². The first-order valence-corrected chi connectivity index (χ1v) is 8.32. The molecule has 0 spiro atoms. The summed E-state index contributed by atoms with van der Waals surface area (Å²) in [6.45, 7) is 5.82. The van der Waals surface area contributed by atoms with Crippen molar-refractivity contribution in [2.75, 3.05) is 6.61 Å². The van der Waals surface area contributed by atoms with Crippen LogP contribution < -0.4 is 11.1 Å². The van der Waals surface area contributed by atoms with Crippen LogP contribution >= 0.6 is 11.6 Å². The molecule has 0 radical (unpaired) electrons. The lowest BCUT2D eigenvalue weighted by molar-refractivity contribution is -0.126. The van der Waals surface area contributed by atoms with Gasteiger partial charge in [-0.3, -0.25) is 4.79 Å². The summed E-state index contributed by atoms with van der Waals surface area (Å²) in [5.41, 5.74) is 9.93. The summed E-state index contributed by atoms with van der Waals surface area (Å²) in [5, 5.41) is 7.24. The van der Waals surface area contributed by atoms with Crippen LogP contribution in [0.2, 0.25) is 5.02 Å². The Morgan fingerprint density at radius 1 is 1.20 bits per heavy atom. The van der Waals surface area contributed by atoms with Crippen LogP contribution in [0.1, 0.15) is 35.2 Å². The second-order valence-corrected chi connectivity index (χ2v) is 6.33. The molecule has 0 bridgehead atoms. The van der Waals surface area contributed by atoms with E-state index in [4.69, 9.17) is 22.2 Å². The molecule has 1 atom stereocenters. The number of hydrogen-bond donors (Lipinski definition) is 2. The minimum Gasteiger partial charge on any atom is -0.384 e. The van der Waals surface area contributed by atoms with E-state index in [1.165, 1.54) is 11.1 Å². The lowest BCUT2D eigenvalue weighted by Gasteiger charge is -2.15. The first kappa shape index (κ1) is 18.8. The second-order valence-electron chi connectivity index (χ2n) is 5.89. The van der Waals surface area contributed by atoms with Crippen LogP contribution in [0.5, 0.6) is 0 Å². The van der Waals surface area contributed by atoms with Crippen molar-refractivity contribution in [2.45, 2.75) is 26.8 Å². The maximum absolute atomic E-state index is 12.0. The maximum atomic E-state index is 12.0. The summed E-state index contributed by atoms with van der Waals surface area (Å²) < 4.78 is 0. The average molecular weight is 360 g/mol. The molecule has 2 aromatic carbocycles. The van der Waals surface area contributed by atoms with Crippen LogP contribution in [-0.2, 0) is 9.63 Å². The number of halogens is 1. The molecule has 0 aromatic heterocycles. The maximum Gasteiger partial charge on any atom is 0.261 e. The molecule has 0 heterocycles. The molecule has 2 rings (SSSR count). The number of carbonyl (C=O) groups is 1.